The highest BCUT2D eigenvalue weighted by molar-refractivity contribution is 5.70. The van der Waals surface area contributed by atoms with Crippen molar-refractivity contribution < 1.29 is 9.47 Å². The van der Waals surface area contributed by atoms with E-state index < -0.39 is 5.41 Å². The lowest BCUT2D eigenvalue weighted by Crippen LogP contribution is -2.34. The second-order valence-corrected chi connectivity index (χ2v) is 7.31. The van der Waals surface area contributed by atoms with E-state index in [0.717, 1.165) is 39.3 Å². The van der Waals surface area contributed by atoms with Gasteiger partial charge in [-0.05, 0) is 42.0 Å². The Morgan fingerprint density at radius 2 is 1.87 bits per heavy atom. The predicted molar refractivity (Wildman–Crippen MR) is 114 cm³/mol. The number of hydrogen-bond acceptors (Lipinski definition) is 6. The molecule has 0 fully saturated rings. The van der Waals surface area contributed by atoms with Crippen molar-refractivity contribution in [2.24, 2.45) is 5.73 Å². The fourth-order valence-corrected chi connectivity index (χ4v) is 4.07. The number of ether oxygens (including phenoxy) is 2. The van der Waals surface area contributed by atoms with Gasteiger partial charge in [0.1, 0.15) is 24.4 Å². The summed E-state index contributed by atoms with van der Waals surface area (Å²) in [5.74, 6) is 8.44. The third-order valence-electron chi connectivity index (χ3n) is 5.46. The molecule has 3 N–H and O–H groups in total. The zero-order valence-corrected chi connectivity index (χ0v) is 16.5. The second-order valence-electron chi connectivity index (χ2n) is 7.31. The fraction of sp³-hybridized carbons (Fsp3) is 0.167. The first-order valence-corrected chi connectivity index (χ1v) is 9.62. The lowest BCUT2D eigenvalue weighted by atomic mass is 9.72. The van der Waals surface area contributed by atoms with Crippen molar-refractivity contribution in [2.45, 2.75) is 5.41 Å². The van der Waals surface area contributed by atoms with E-state index in [9.17, 15) is 0 Å². The summed E-state index contributed by atoms with van der Waals surface area (Å²) >= 11 is 0. The Balaban J connectivity index is 1.68. The summed E-state index contributed by atoms with van der Waals surface area (Å²) in [6.07, 6.45) is 7.21. The first-order chi connectivity index (χ1) is 14.7. The molecule has 3 aromatic rings. The molecule has 2 aliphatic rings. The normalized spacial score (nSPS) is 18.4. The number of benzene rings is 2. The molecule has 1 spiro atoms. The summed E-state index contributed by atoms with van der Waals surface area (Å²) in [7, 11) is 1.63. The van der Waals surface area contributed by atoms with E-state index in [1.54, 1.807) is 19.5 Å². The van der Waals surface area contributed by atoms with Gasteiger partial charge in [0.15, 0.2) is 0 Å². The Morgan fingerprint density at radius 3 is 2.60 bits per heavy atom. The number of aromatic nitrogens is 2. The first kappa shape index (κ1) is 18.2. The van der Waals surface area contributed by atoms with Crippen molar-refractivity contribution in [1.29, 1.82) is 0 Å². The molecule has 3 heterocycles. The zero-order chi connectivity index (χ0) is 20.6. The molecule has 30 heavy (non-hydrogen) atoms. The van der Waals surface area contributed by atoms with Crippen LogP contribution in [0.3, 0.4) is 0 Å². The molecule has 5 rings (SSSR count). The molecule has 0 radical (unpaired) electrons. The molecule has 0 amide bonds. The van der Waals surface area contributed by atoms with E-state index in [1.165, 1.54) is 6.33 Å². The first-order valence-electron chi connectivity index (χ1n) is 9.62. The number of methoxy groups -OCH3 is 1. The van der Waals surface area contributed by atoms with Gasteiger partial charge in [-0.3, -0.25) is 0 Å². The van der Waals surface area contributed by atoms with E-state index in [0.29, 0.717) is 19.0 Å². The lowest BCUT2D eigenvalue weighted by molar-refractivity contribution is 0.240. The van der Waals surface area contributed by atoms with Gasteiger partial charge in [0.2, 0.25) is 0 Å². The van der Waals surface area contributed by atoms with Gasteiger partial charge in [-0.1, -0.05) is 17.9 Å². The Hall–Kier alpha value is -3.82. The van der Waals surface area contributed by atoms with Gasteiger partial charge >= 0.3 is 0 Å². The maximum atomic E-state index is 6.27. The number of nitrogens with one attached hydrogen (secondary N) is 1. The Bertz CT molecular complexity index is 1210. The van der Waals surface area contributed by atoms with Gasteiger partial charge in [0.05, 0.1) is 11.2 Å². The smallest absolute Gasteiger partial charge is 0.132 e. The van der Waals surface area contributed by atoms with Gasteiger partial charge in [-0.15, -0.1) is 0 Å². The van der Waals surface area contributed by atoms with Crippen LogP contribution in [0.15, 0.2) is 67.0 Å². The average Bonchev–Trinajstić information content (AvgIpc) is 3.17. The number of fused-ring (bicyclic) bond motifs is 4. The van der Waals surface area contributed by atoms with Gasteiger partial charge in [-0.2, -0.15) is 0 Å². The molecule has 1 aromatic heterocycles. The molecule has 0 unspecified atom stereocenters. The van der Waals surface area contributed by atoms with E-state index >= 15 is 0 Å². The number of rotatable bonds is 2. The highest BCUT2D eigenvalue weighted by Gasteiger charge is 2.44. The topological polar surface area (TPSA) is 82.3 Å². The van der Waals surface area contributed by atoms with Gasteiger partial charge in [0, 0.05) is 48.3 Å². The maximum Gasteiger partial charge on any atom is 0.132 e. The van der Waals surface area contributed by atoms with Crippen LogP contribution in [-0.4, -0.2) is 30.2 Å². The third kappa shape index (κ3) is 2.97. The third-order valence-corrected chi connectivity index (χ3v) is 5.46. The standard InChI is InChI=1S/C24H20N4O2/c1-29-8-2-3-16-4-6-21-19(9-16)24(11-23(25)28-14-24)20-10-17(5-7-22(20)30-21)18-12-26-15-27-13-18/h4-7,9-13,15,28H,8,14,25H2,1H3/t24-/m1/s1. The zero-order valence-electron chi connectivity index (χ0n) is 16.5. The van der Waals surface area contributed by atoms with Crippen LogP contribution in [0, 0.1) is 11.8 Å². The summed E-state index contributed by atoms with van der Waals surface area (Å²) < 4.78 is 11.3. The molecular weight excluding hydrogens is 376 g/mol. The van der Waals surface area contributed by atoms with Crippen molar-refractivity contribution in [3.05, 3.63) is 83.7 Å². The number of nitrogens with zero attached hydrogens (tertiary/aromatic N) is 2. The summed E-state index contributed by atoms with van der Waals surface area (Å²) in [6, 6.07) is 12.2. The summed E-state index contributed by atoms with van der Waals surface area (Å²) in [5.41, 5.74) is 10.7. The highest BCUT2D eigenvalue weighted by Crippen LogP contribution is 2.51. The Morgan fingerprint density at radius 1 is 1.10 bits per heavy atom. The van der Waals surface area contributed by atoms with Crippen molar-refractivity contribution in [3.8, 4) is 34.5 Å². The van der Waals surface area contributed by atoms with Crippen molar-refractivity contribution in [2.75, 3.05) is 20.3 Å². The molecular formula is C24H20N4O2. The van der Waals surface area contributed by atoms with E-state index in [2.05, 4.69) is 45.3 Å². The Labute approximate surface area is 174 Å². The van der Waals surface area contributed by atoms with Crippen LogP contribution in [0.1, 0.15) is 16.7 Å². The molecule has 1 atom stereocenters. The van der Waals surface area contributed by atoms with E-state index in [4.69, 9.17) is 15.2 Å². The predicted octanol–water partition coefficient (Wildman–Crippen LogP) is 2.94. The second kappa shape index (κ2) is 7.21. The van der Waals surface area contributed by atoms with E-state index in [-0.39, 0.29) is 0 Å². The van der Waals surface area contributed by atoms with Crippen LogP contribution < -0.4 is 15.8 Å². The van der Waals surface area contributed by atoms with E-state index in [1.807, 2.05) is 24.3 Å². The largest absolute Gasteiger partial charge is 0.457 e. The molecule has 2 aliphatic heterocycles. The minimum Gasteiger partial charge on any atom is -0.457 e. The van der Waals surface area contributed by atoms with Crippen LogP contribution in [0.4, 0.5) is 0 Å². The molecule has 2 aromatic carbocycles. The summed E-state index contributed by atoms with van der Waals surface area (Å²) in [4.78, 5) is 8.29. The van der Waals surface area contributed by atoms with Crippen LogP contribution in [-0.2, 0) is 10.2 Å². The average molecular weight is 396 g/mol. The van der Waals surface area contributed by atoms with Gasteiger partial charge in [-0.25, -0.2) is 9.97 Å². The van der Waals surface area contributed by atoms with Crippen LogP contribution in [0.5, 0.6) is 11.5 Å². The van der Waals surface area contributed by atoms with Crippen molar-refractivity contribution in [3.63, 3.8) is 0 Å². The monoisotopic (exact) mass is 396 g/mol. The lowest BCUT2D eigenvalue weighted by Gasteiger charge is -2.36. The molecule has 6 heteroatoms. The summed E-state index contributed by atoms with van der Waals surface area (Å²) in [5, 5.41) is 3.30. The minimum absolute atomic E-state index is 0.387. The molecule has 0 aliphatic carbocycles. The number of hydrogen-bond donors (Lipinski definition) is 2. The summed E-state index contributed by atoms with van der Waals surface area (Å²) in [6.45, 7) is 1.03. The molecule has 0 bridgehead atoms. The SMILES string of the molecule is COCC#Cc1ccc2c(c1)[C@]1(C=C(N)NC1)c1cc(-c3cncnc3)ccc1O2. The minimum atomic E-state index is -0.447. The van der Waals surface area contributed by atoms with Gasteiger partial charge < -0.3 is 20.5 Å². The molecule has 6 nitrogen and oxygen atoms in total. The molecule has 0 saturated carbocycles. The van der Waals surface area contributed by atoms with Crippen molar-refractivity contribution in [1.82, 2.24) is 15.3 Å². The van der Waals surface area contributed by atoms with Crippen LogP contribution >= 0.6 is 0 Å². The number of nitrogens with two attached hydrogens (primary N) is 1. The van der Waals surface area contributed by atoms with Crippen LogP contribution in [0.25, 0.3) is 11.1 Å². The van der Waals surface area contributed by atoms with Gasteiger partial charge in [0.25, 0.3) is 0 Å². The fourth-order valence-electron chi connectivity index (χ4n) is 4.07. The molecule has 148 valence electrons. The maximum absolute atomic E-state index is 6.27. The highest BCUT2D eigenvalue weighted by atomic mass is 16.5. The Kier molecular flexibility index (Phi) is 4.38. The van der Waals surface area contributed by atoms with Crippen LogP contribution in [0.2, 0.25) is 0 Å². The quantitative estimate of drug-likeness (QED) is 0.648. The van der Waals surface area contributed by atoms with Crippen molar-refractivity contribution >= 4 is 0 Å². The molecule has 0 saturated heterocycles.